The van der Waals surface area contributed by atoms with Crippen LogP contribution in [0.4, 0.5) is 17.6 Å². The van der Waals surface area contributed by atoms with E-state index < -0.39 is 29.9 Å². The van der Waals surface area contributed by atoms with Gasteiger partial charge in [0.1, 0.15) is 12.4 Å². The second kappa shape index (κ2) is 6.98. The zero-order valence-electron chi connectivity index (χ0n) is 15.1. The normalized spacial score (nSPS) is 20.1. The maximum Gasteiger partial charge on any atom is 0.408 e. The summed E-state index contributed by atoms with van der Waals surface area (Å²) in [5, 5.41) is 4.05. The lowest BCUT2D eigenvalue weighted by Gasteiger charge is -2.31. The Morgan fingerprint density at radius 3 is 2.67 bits per heavy atom. The quantitative estimate of drug-likeness (QED) is 0.458. The molecule has 1 aromatic heterocycles. The van der Waals surface area contributed by atoms with Crippen molar-refractivity contribution < 1.29 is 27.1 Å². The van der Waals surface area contributed by atoms with E-state index in [1.54, 1.807) is 19.1 Å². The first-order valence-electron chi connectivity index (χ1n) is 8.62. The Bertz CT molecular complexity index is 832. The number of aromatic nitrogens is 2. The zero-order chi connectivity index (χ0) is 19.8. The summed E-state index contributed by atoms with van der Waals surface area (Å²) in [6, 6.07) is 4.59. The minimum atomic E-state index is -4.35. The van der Waals surface area contributed by atoms with Crippen LogP contribution in [-0.4, -0.2) is 29.0 Å². The molecular weight excluding hydrogens is 364 g/mol. The summed E-state index contributed by atoms with van der Waals surface area (Å²) in [7, 11) is 1.28. The fourth-order valence-electron chi connectivity index (χ4n) is 3.90. The Morgan fingerprint density at radius 2 is 2.00 bits per heavy atom. The standard InChI is InChI=1S/C19H20F4N2O2/c1-12-14(4-3-5-15(12)20)18(17(26)27-2)8-6-13-10-25(11-19(21,22)23)24-16(13)7-9-18/h3-5,10H,6-9,11H2,1-2H3. The van der Waals surface area contributed by atoms with E-state index in [9.17, 15) is 22.4 Å². The Hall–Kier alpha value is -2.38. The van der Waals surface area contributed by atoms with Crippen LogP contribution in [0.25, 0.3) is 0 Å². The molecule has 0 radical (unpaired) electrons. The lowest BCUT2D eigenvalue weighted by atomic mass is 9.72. The van der Waals surface area contributed by atoms with E-state index in [4.69, 9.17) is 4.74 Å². The Morgan fingerprint density at radius 1 is 1.30 bits per heavy atom. The highest BCUT2D eigenvalue weighted by molar-refractivity contribution is 5.84. The second-order valence-corrected chi connectivity index (χ2v) is 6.90. The molecule has 4 nitrogen and oxygen atoms in total. The van der Waals surface area contributed by atoms with Gasteiger partial charge in [-0.25, -0.2) is 4.39 Å². The topological polar surface area (TPSA) is 44.1 Å². The molecule has 146 valence electrons. The van der Waals surface area contributed by atoms with Crippen LogP contribution < -0.4 is 0 Å². The second-order valence-electron chi connectivity index (χ2n) is 6.90. The van der Waals surface area contributed by atoms with Crippen LogP contribution in [-0.2, 0) is 34.3 Å². The minimum absolute atomic E-state index is 0.292. The highest BCUT2D eigenvalue weighted by Gasteiger charge is 2.44. The number of hydrogen-bond donors (Lipinski definition) is 0. The molecule has 0 aliphatic heterocycles. The number of aryl methyl sites for hydroxylation is 2. The number of carbonyl (C=O) groups is 1. The van der Waals surface area contributed by atoms with Crippen molar-refractivity contribution in [1.29, 1.82) is 0 Å². The predicted octanol–water partition coefficient (Wildman–Crippen LogP) is 3.88. The molecule has 1 aliphatic rings. The average Bonchev–Trinajstić information content (AvgIpc) is 2.88. The van der Waals surface area contributed by atoms with Crippen LogP contribution in [0.2, 0.25) is 0 Å². The van der Waals surface area contributed by atoms with Crippen LogP contribution in [0.15, 0.2) is 24.4 Å². The molecular formula is C19H20F4N2O2. The van der Waals surface area contributed by atoms with E-state index in [-0.39, 0.29) is 0 Å². The van der Waals surface area contributed by atoms with Crippen molar-refractivity contribution in [1.82, 2.24) is 9.78 Å². The molecule has 0 saturated carbocycles. The van der Waals surface area contributed by atoms with Crippen LogP contribution in [0.3, 0.4) is 0 Å². The summed E-state index contributed by atoms with van der Waals surface area (Å²) in [6.07, 6.45) is -1.69. The number of esters is 1. The number of hydrogen-bond acceptors (Lipinski definition) is 3. The fraction of sp³-hybridized carbons (Fsp3) is 0.474. The van der Waals surface area contributed by atoms with E-state index >= 15 is 0 Å². The van der Waals surface area contributed by atoms with Gasteiger partial charge in [-0.05, 0) is 55.4 Å². The number of alkyl halides is 3. The Labute approximate surface area is 154 Å². The first-order valence-corrected chi connectivity index (χ1v) is 8.62. The van der Waals surface area contributed by atoms with Gasteiger partial charge in [-0.1, -0.05) is 12.1 Å². The molecule has 1 aliphatic carbocycles. The number of ether oxygens (including phenoxy) is 1. The summed E-state index contributed by atoms with van der Waals surface area (Å²) in [5.74, 6) is -0.877. The average molecular weight is 384 g/mol. The molecule has 1 atom stereocenters. The molecule has 1 unspecified atom stereocenters. The van der Waals surface area contributed by atoms with E-state index in [1.807, 2.05) is 0 Å². The molecule has 0 fully saturated rings. The van der Waals surface area contributed by atoms with Gasteiger partial charge < -0.3 is 4.74 Å². The molecule has 0 saturated heterocycles. The van der Waals surface area contributed by atoms with Gasteiger partial charge >= 0.3 is 12.1 Å². The number of benzene rings is 1. The summed E-state index contributed by atoms with van der Waals surface area (Å²) in [5.41, 5.74) is 1.11. The summed E-state index contributed by atoms with van der Waals surface area (Å²) in [6.45, 7) is 0.466. The molecule has 0 bridgehead atoms. The molecule has 3 rings (SSSR count). The molecule has 0 N–H and O–H groups in total. The van der Waals surface area contributed by atoms with Gasteiger partial charge in [0, 0.05) is 6.20 Å². The van der Waals surface area contributed by atoms with E-state index in [0.717, 1.165) is 4.68 Å². The molecule has 8 heteroatoms. The number of nitrogens with zero attached hydrogens (tertiary/aromatic N) is 2. The van der Waals surface area contributed by atoms with Crippen LogP contribution in [0, 0.1) is 12.7 Å². The van der Waals surface area contributed by atoms with Crippen molar-refractivity contribution in [3.05, 3.63) is 52.6 Å². The first-order chi connectivity index (χ1) is 12.7. The van der Waals surface area contributed by atoms with Gasteiger partial charge in [-0.15, -0.1) is 0 Å². The lowest BCUT2D eigenvalue weighted by molar-refractivity contribution is -0.148. The maximum atomic E-state index is 14.1. The van der Waals surface area contributed by atoms with Gasteiger partial charge in [0.2, 0.25) is 0 Å². The molecule has 0 amide bonds. The lowest BCUT2D eigenvalue weighted by Crippen LogP contribution is -2.38. The molecule has 1 heterocycles. The number of fused-ring (bicyclic) bond motifs is 1. The number of rotatable bonds is 3. The van der Waals surface area contributed by atoms with Gasteiger partial charge in [0.05, 0.1) is 18.2 Å². The van der Waals surface area contributed by atoms with Crippen molar-refractivity contribution in [3.8, 4) is 0 Å². The fourth-order valence-corrected chi connectivity index (χ4v) is 3.90. The van der Waals surface area contributed by atoms with E-state index in [1.165, 1.54) is 19.4 Å². The molecule has 0 spiro atoms. The molecule has 1 aromatic carbocycles. The van der Waals surface area contributed by atoms with Crippen LogP contribution in [0.5, 0.6) is 0 Å². The van der Waals surface area contributed by atoms with Gasteiger partial charge in [0.25, 0.3) is 0 Å². The first kappa shape index (κ1) is 19.4. The number of methoxy groups -OCH3 is 1. The smallest absolute Gasteiger partial charge is 0.408 e. The predicted molar refractivity (Wildman–Crippen MR) is 89.8 cm³/mol. The van der Waals surface area contributed by atoms with Gasteiger partial charge in [-0.2, -0.15) is 18.3 Å². The van der Waals surface area contributed by atoms with Crippen molar-refractivity contribution in [2.75, 3.05) is 7.11 Å². The monoisotopic (exact) mass is 384 g/mol. The van der Waals surface area contributed by atoms with Gasteiger partial charge in [-0.3, -0.25) is 9.48 Å². The third-order valence-electron chi connectivity index (χ3n) is 5.24. The number of carbonyl (C=O) groups excluding carboxylic acids is 1. The summed E-state index contributed by atoms with van der Waals surface area (Å²) < 4.78 is 57.9. The largest absolute Gasteiger partial charge is 0.468 e. The minimum Gasteiger partial charge on any atom is -0.468 e. The van der Waals surface area contributed by atoms with Crippen LogP contribution in [0.1, 0.15) is 35.2 Å². The van der Waals surface area contributed by atoms with Crippen molar-refractivity contribution >= 4 is 5.97 Å². The molecule has 2 aromatic rings. The van der Waals surface area contributed by atoms with Crippen molar-refractivity contribution in [3.63, 3.8) is 0 Å². The Kier molecular flexibility index (Phi) is 5.01. The summed E-state index contributed by atoms with van der Waals surface area (Å²) >= 11 is 0. The van der Waals surface area contributed by atoms with E-state index in [2.05, 4.69) is 5.10 Å². The number of halogens is 4. The van der Waals surface area contributed by atoms with Crippen molar-refractivity contribution in [2.45, 2.75) is 50.7 Å². The highest BCUT2D eigenvalue weighted by atomic mass is 19.4. The summed E-state index contributed by atoms with van der Waals surface area (Å²) in [4.78, 5) is 12.7. The highest BCUT2D eigenvalue weighted by Crippen LogP contribution is 2.40. The Balaban J connectivity index is 1.96. The van der Waals surface area contributed by atoms with Crippen molar-refractivity contribution in [2.24, 2.45) is 0 Å². The third kappa shape index (κ3) is 3.70. The molecule has 27 heavy (non-hydrogen) atoms. The third-order valence-corrected chi connectivity index (χ3v) is 5.24. The zero-order valence-corrected chi connectivity index (χ0v) is 15.1. The van der Waals surface area contributed by atoms with Crippen LogP contribution >= 0.6 is 0 Å². The SMILES string of the molecule is COC(=O)C1(c2cccc(F)c2C)CCc2cn(CC(F)(F)F)nc2CC1. The van der Waals surface area contributed by atoms with E-state index in [0.29, 0.717) is 48.1 Å². The maximum absolute atomic E-state index is 14.1. The van der Waals surface area contributed by atoms with Gasteiger partial charge in [0.15, 0.2) is 0 Å².